The molecule has 3 aromatic rings. The third-order valence-corrected chi connectivity index (χ3v) is 5.03. The van der Waals surface area contributed by atoms with Crippen LogP contribution in [0.2, 0.25) is 0 Å². The highest BCUT2D eigenvalue weighted by atomic mass is 79.9. The van der Waals surface area contributed by atoms with Gasteiger partial charge in [-0.15, -0.1) is 22.9 Å². The number of fused-ring (bicyclic) bond motifs is 1. The Balaban J connectivity index is 2.27. The third-order valence-electron chi connectivity index (χ3n) is 3.47. The quantitative estimate of drug-likeness (QED) is 0.552. The summed E-state index contributed by atoms with van der Waals surface area (Å²) in [5.41, 5.74) is 2.06. The first kappa shape index (κ1) is 15.0. The molecule has 3 nitrogen and oxygen atoms in total. The van der Waals surface area contributed by atoms with Crippen LogP contribution < -0.4 is 0 Å². The van der Waals surface area contributed by atoms with E-state index in [4.69, 9.17) is 16.6 Å². The standard InChI is InChI=1S/C15H15BrClN3S/c1-3-12(15-18-6-7-21-15)20-13-8-10(16)4-5-11(13)19-14(20)9(2)17/h4-9,12H,3H2,1-2H3. The van der Waals surface area contributed by atoms with Crippen LogP contribution in [0.3, 0.4) is 0 Å². The lowest BCUT2D eigenvalue weighted by Gasteiger charge is -2.19. The lowest BCUT2D eigenvalue weighted by atomic mass is 10.2. The van der Waals surface area contributed by atoms with Gasteiger partial charge < -0.3 is 4.57 Å². The largest absolute Gasteiger partial charge is 0.317 e. The molecule has 0 amide bonds. The predicted octanol–water partition coefficient (Wildman–Crippen LogP) is 5.55. The number of rotatable bonds is 4. The van der Waals surface area contributed by atoms with Crippen LogP contribution >= 0.6 is 38.9 Å². The van der Waals surface area contributed by atoms with E-state index in [2.05, 4.69) is 38.5 Å². The molecule has 0 aliphatic carbocycles. The highest BCUT2D eigenvalue weighted by Crippen LogP contribution is 2.34. The van der Waals surface area contributed by atoms with Gasteiger partial charge in [-0.2, -0.15) is 0 Å². The number of alkyl halides is 1. The van der Waals surface area contributed by atoms with Crippen molar-refractivity contribution in [3.8, 4) is 0 Å². The number of hydrogen-bond donors (Lipinski definition) is 0. The van der Waals surface area contributed by atoms with Crippen molar-refractivity contribution in [2.24, 2.45) is 0 Å². The number of benzene rings is 1. The maximum atomic E-state index is 6.37. The van der Waals surface area contributed by atoms with Crippen LogP contribution in [0.1, 0.15) is 42.5 Å². The van der Waals surface area contributed by atoms with Crippen molar-refractivity contribution in [2.45, 2.75) is 31.7 Å². The Labute approximate surface area is 141 Å². The third kappa shape index (κ3) is 2.74. The van der Waals surface area contributed by atoms with Crippen molar-refractivity contribution >= 4 is 49.9 Å². The molecule has 0 radical (unpaired) electrons. The molecule has 1 aromatic carbocycles. The Morgan fingerprint density at radius 2 is 2.24 bits per heavy atom. The van der Waals surface area contributed by atoms with Crippen LogP contribution in [0, 0.1) is 0 Å². The summed E-state index contributed by atoms with van der Waals surface area (Å²) in [6.07, 6.45) is 2.80. The lowest BCUT2D eigenvalue weighted by molar-refractivity contribution is 0.552. The molecule has 0 saturated heterocycles. The van der Waals surface area contributed by atoms with Gasteiger partial charge in [-0.1, -0.05) is 22.9 Å². The summed E-state index contributed by atoms with van der Waals surface area (Å²) in [6, 6.07) is 6.29. The molecule has 2 atom stereocenters. The fraction of sp³-hybridized carbons (Fsp3) is 0.333. The van der Waals surface area contributed by atoms with Crippen LogP contribution in [-0.2, 0) is 0 Å². The topological polar surface area (TPSA) is 30.7 Å². The molecule has 21 heavy (non-hydrogen) atoms. The van der Waals surface area contributed by atoms with E-state index in [1.54, 1.807) is 11.3 Å². The first-order valence-electron chi connectivity index (χ1n) is 6.82. The second-order valence-corrected chi connectivity index (χ2v) is 7.38. The number of thiazole rings is 1. The lowest BCUT2D eigenvalue weighted by Crippen LogP contribution is -2.13. The van der Waals surface area contributed by atoms with Crippen molar-refractivity contribution in [3.05, 3.63) is 45.1 Å². The van der Waals surface area contributed by atoms with Crippen LogP contribution in [-0.4, -0.2) is 14.5 Å². The number of hydrogen-bond acceptors (Lipinski definition) is 3. The molecule has 3 rings (SSSR count). The van der Waals surface area contributed by atoms with E-state index in [9.17, 15) is 0 Å². The van der Waals surface area contributed by atoms with Gasteiger partial charge >= 0.3 is 0 Å². The normalized spacial score (nSPS) is 14.5. The maximum Gasteiger partial charge on any atom is 0.128 e. The van der Waals surface area contributed by atoms with Gasteiger partial charge in [-0.25, -0.2) is 9.97 Å². The van der Waals surface area contributed by atoms with Crippen LogP contribution in [0.5, 0.6) is 0 Å². The minimum absolute atomic E-state index is 0.148. The average Bonchev–Trinajstić information content (AvgIpc) is 3.08. The van der Waals surface area contributed by atoms with Gasteiger partial charge in [0.15, 0.2) is 0 Å². The summed E-state index contributed by atoms with van der Waals surface area (Å²) in [5, 5.41) is 2.96. The summed E-state index contributed by atoms with van der Waals surface area (Å²) in [7, 11) is 0. The number of imidazole rings is 1. The van der Waals surface area contributed by atoms with Crippen LogP contribution in [0.25, 0.3) is 11.0 Å². The average molecular weight is 385 g/mol. The molecule has 0 aliphatic heterocycles. The second kappa shape index (κ2) is 6.07. The fourth-order valence-electron chi connectivity index (χ4n) is 2.56. The first-order chi connectivity index (χ1) is 10.1. The molecule has 0 saturated carbocycles. The summed E-state index contributed by atoms with van der Waals surface area (Å²) < 4.78 is 3.27. The molecule has 2 aromatic heterocycles. The molecule has 0 fully saturated rings. The zero-order valence-electron chi connectivity index (χ0n) is 11.8. The molecule has 0 N–H and O–H groups in total. The molecule has 2 unspecified atom stereocenters. The van der Waals surface area contributed by atoms with Crippen molar-refractivity contribution in [1.82, 2.24) is 14.5 Å². The molecule has 0 bridgehead atoms. The molecule has 110 valence electrons. The molecule has 0 aliphatic rings. The zero-order chi connectivity index (χ0) is 15.0. The van der Waals surface area contributed by atoms with E-state index in [0.717, 1.165) is 32.8 Å². The number of aromatic nitrogens is 3. The van der Waals surface area contributed by atoms with Crippen molar-refractivity contribution in [1.29, 1.82) is 0 Å². The summed E-state index contributed by atoms with van der Waals surface area (Å²) >= 11 is 11.6. The second-order valence-electron chi connectivity index (χ2n) is 4.88. The van der Waals surface area contributed by atoms with Gasteiger partial charge in [0.1, 0.15) is 10.8 Å². The summed E-state index contributed by atoms with van der Waals surface area (Å²) in [4.78, 5) is 9.21. The smallest absolute Gasteiger partial charge is 0.128 e. The highest BCUT2D eigenvalue weighted by Gasteiger charge is 2.23. The van der Waals surface area contributed by atoms with Crippen molar-refractivity contribution in [2.75, 3.05) is 0 Å². The van der Waals surface area contributed by atoms with Gasteiger partial charge in [0, 0.05) is 16.0 Å². The zero-order valence-corrected chi connectivity index (χ0v) is 14.9. The van der Waals surface area contributed by atoms with Crippen molar-refractivity contribution in [3.63, 3.8) is 0 Å². The van der Waals surface area contributed by atoms with E-state index in [1.807, 2.05) is 30.6 Å². The summed E-state index contributed by atoms with van der Waals surface area (Å²) in [5.74, 6) is 0.895. The Hall–Kier alpha value is -0.910. The Kier molecular flexibility index (Phi) is 4.33. The van der Waals surface area contributed by atoms with E-state index >= 15 is 0 Å². The van der Waals surface area contributed by atoms with Gasteiger partial charge in [0.2, 0.25) is 0 Å². The maximum absolute atomic E-state index is 6.37. The van der Waals surface area contributed by atoms with E-state index in [1.165, 1.54) is 0 Å². The monoisotopic (exact) mass is 383 g/mol. The van der Waals surface area contributed by atoms with Gasteiger partial charge in [0.05, 0.1) is 22.5 Å². The summed E-state index contributed by atoms with van der Waals surface area (Å²) in [6.45, 7) is 4.13. The Bertz CT molecular complexity index is 752. The molecule has 6 heteroatoms. The van der Waals surface area contributed by atoms with Crippen LogP contribution in [0.15, 0.2) is 34.2 Å². The molecular formula is C15H15BrClN3S. The Morgan fingerprint density at radius 1 is 1.43 bits per heavy atom. The SMILES string of the molecule is CCC(c1nccs1)n1c(C(C)Cl)nc2ccc(Br)cc21. The highest BCUT2D eigenvalue weighted by molar-refractivity contribution is 9.10. The minimum atomic E-state index is -0.148. The van der Waals surface area contributed by atoms with Crippen LogP contribution in [0.4, 0.5) is 0 Å². The predicted molar refractivity (Wildman–Crippen MR) is 92.2 cm³/mol. The minimum Gasteiger partial charge on any atom is -0.317 e. The molecule has 2 heterocycles. The first-order valence-corrected chi connectivity index (χ1v) is 8.93. The van der Waals surface area contributed by atoms with Gasteiger partial charge in [-0.05, 0) is 31.5 Å². The van der Waals surface area contributed by atoms with Crippen molar-refractivity contribution < 1.29 is 0 Å². The van der Waals surface area contributed by atoms with Gasteiger partial charge in [0.25, 0.3) is 0 Å². The van der Waals surface area contributed by atoms with E-state index < -0.39 is 0 Å². The number of halogens is 2. The van der Waals surface area contributed by atoms with Gasteiger partial charge in [-0.3, -0.25) is 0 Å². The fourth-order valence-corrected chi connectivity index (χ4v) is 3.87. The van der Waals surface area contributed by atoms with E-state index in [-0.39, 0.29) is 11.4 Å². The number of nitrogens with zero attached hydrogens (tertiary/aromatic N) is 3. The molecule has 0 spiro atoms. The van der Waals surface area contributed by atoms with E-state index in [0.29, 0.717) is 0 Å². The Morgan fingerprint density at radius 3 is 2.86 bits per heavy atom. The molecular weight excluding hydrogens is 370 g/mol.